The zero-order chi connectivity index (χ0) is 14.3. The average molecular weight is 400 g/mol. The van der Waals surface area contributed by atoms with Crippen molar-refractivity contribution in [3.8, 4) is 0 Å². The van der Waals surface area contributed by atoms with Gasteiger partial charge in [0.2, 0.25) is 0 Å². The Morgan fingerprint density at radius 2 is 1.63 bits per heavy atom. The number of hydrogen-bond donors (Lipinski definition) is 0. The van der Waals surface area contributed by atoms with Gasteiger partial charge in [-0.15, -0.1) is 0 Å². The third-order valence-electron chi connectivity index (χ3n) is 3.87. The summed E-state index contributed by atoms with van der Waals surface area (Å²) in [6.45, 7) is 1.36. The Balaban J connectivity index is 2.24. The zero-order valence-electron chi connectivity index (χ0n) is 10.8. The van der Waals surface area contributed by atoms with Gasteiger partial charge in [0.05, 0.1) is 17.9 Å². The lowest BCUT2D eigenvalue weighted by Crippen LogP contribution is -2.48. The van der Waals surface area contributed by atoms with E-state index in [1.165, 1.54) is 14.0 Å². The fourth-order valence-corrected chi connectivity index (χ4v) is 4.89. The molecule has 0 spiro atoms. The molecule has 2 fully saturated rings. The molecule has 0 N–H and O–H groups in total. The highest BCUT2D eigenvalue weighted by molar-refractivity contribution is 9.12. The number of ether oxygens (including phenoxy) is 3. The largest absolute Gasteiger partial charge is 0.469 e. The van der Waals surface area contributed by atoms with Crippen LogP contribution < -0.4 is 0 Å². The quantitative estimate of drug-likeness (QED) is 0.531. The lowest BCUT2D eigenvalue weighted by molar-refractivity contribution is -0.158. The number of rotatable bonds is 3. The minimum absolute atomic E-state index is 0.0299. The van der Waals surface area contributed by atoms with Crippen LogP contribution in [-0.2, 0) is 23.8 Å². The molecule has 0 unspecified atom stereocenters. The zero-order valence-corrected chi connectivity index (χ0v) is 14.0. The van der Waals surface area contributed by atoms with E-state index in [-0.39, 0.29) is 45.5 Å². The Hall–Kier alpha value is -0.140. The molecular weight excluding hydrogens is 384 g/mol. The Morgan fingerprint density at radius 3 is 2.11 bits per heavy atom. The van der Waals surface area contributed by atoms with Crippen LogP contribution in [0.5, 0.6) is 0 Å². The minimum atomic E-state index is -0.422. The predicted molar refractivity (Wildman–Crippen MR) is 74.3 cm³/mol. The first-order valence-electron chi connectivity index (χ1n) is 6.00. The van der Waals surface area contributed by atoms with Crippen LogP contribution in [0, 0.1) is 17.8 Å². The van der Waals surface area contributed by atoms with E-state index in [1.807, 2.05) is 0 Å². The van der Waals surface area contributed by atoms with Gasteiger partial charge in [0.25, 0.3) is 0 Å². The lowest BCUT2D eigenvalue weighted by atomic mass is 9.94. The van der Waals surface area contributed by atoms with Crippen LogP contribution in [0.1, 0.15) is 6.92 Å². The van der Waals surface area contributed by atoms with Crippen LogP contribution in [0.2, 0.25) is 0 Å². The summed E-state index contributed by atoms with van der Waals surface area (Å²) in [6, 6.07) is 0. The molecule has 0 heterocycles. The van der Waals surface area contributed by atoms with Gasteiger partial charge in [-0.3, -0.25) is 9.59 Å². The van der Waals surface area contributed by atoms with Crippen molar-refractivity contribution in [1.29, 1.82) is 0 Å². The third-order valence-corrected chi connectivity index (χ3v) is 6.85. The van der Waals surface area contributed by atoms with Gasteiger partial charge in [-0.2, -0.15) is 0 Å². The van der Waals surface area contributed by atoms with E-state index in [0.29, 0.717) is 0 Å². The molecule has 0 bridgehead atoms. The van der Waals surface area contributed by atoms with Gasteiger partial charge in [-0.1, -0.05) is 31.9 Å². The molecule has 7 heteroatoms. The molecule has 0 saturated heterocycles. The summed E-state index contributed by atoms with van der Waals surface area (Å²) >= 11 is 7.16. The summed E-state index contributed by atoms with van der Waals surface area (Å²) in [5.74, 6) is -0.798. The normalized spacial score (nSPS) is 44.2. The number of carbonyl (C=O) groups is 2. The molecule has 19 heavy (non-hydrogen) atoms. The van der Waals surface area contributed by atoms with E-state index in [1.54, 1.807) is 7.11 Å². The summed E-state index contributed by atoms with van der Waals surface area (Å²) in [7, 11) is 2.95. The van der Waals surface area contributed by atoms with E-state index >= 15 is 0 Å². The molecule has 7 atom stereocenters. The highest BCUT2D eigenvalue weighted by Gasteiger charge is 2.69. The fourth-order valence-electron chi connectivity index (χ4n) is 3.04. The van der Waals surface area contributed by atoms with Crippen LogP contribution in [0.4, 0.5) is 0 Å². The number of fused-ring (bicyclic) bond motifs is 1. The van der Waals surface area contributed by atoms with Crippen molar-refractivity contribution < 1.29 is 23.8 Å². The number of esters is 2. The summed E-state index contributed by atoms with van der Waals surface area (Å²) in [5, 5.41) is 0. The molecule has 0 aromatic rings. The lowest BCUT2D eigenvalue weighted by Gasteiger charge is -2.35. The number of hydrogen-bond acceptors (Lipinski definition) is 5. The Labute approximate surface area is 128 Å². The van der Waals surface area contributed by atoms with E-state index in [9.17, 15) is 9.59 Å². The van der Waals surface area contributed by atoms with Crippen molar-refractivity contribution in [3.63, 3.8) is 0 Å². The third kappa shape index (κ3) is 2.56. The molecule has 2 rings (SSSR count). The molecule has 5 nitrogen and oxygen atoms in total. The van der Waals surface area contributed by atoms with Gasteiger partial charge in [-0.25, -0.2) is 0 Å². The molecule has 2 saturated carbocycles. The van der Waals surface area contributed by atoms with E-state index in [0.717, 1.165) is 0 Å². The van der Waals surface area contributed by atoms with E-state index < -0.39 is 6.10 Å². The molecule has 0 radical (unpaired) electrons. The van der Waals surface area contributed by atoms with Gasteiger partial charge in [0.1, 0.15) is 12.2 Å². The number of carbonyl (C=O) groups excluding carboxylic acids is 2. The molecule has 108 valence electrons. The van der Waals surface area contributed by atoms with E-state index in [2.05, 4.69) is 31.9 Å². The van der Waals surface area contributed by atoms with Crippen molar-refractivity contribution >= 4 is 43.8 Å². The summed E-state index contributed by atoms with van der Waals surface area (Å²) in [5.41, 5.74) is 0. The van der Waals surface area contributed by atoms with Crippen LogP contribution in [0.15, 0.2) is 0 Å². The first-order chi connectivity index (χ1) is 8.93. The number of alkyl halides is 2. The molecule has 0 aliphatic heterocycles. The molecular formula is C12H16Br2O5. The molecule has 0 aromatic heterocycles. The van der Waals surface area contributed by atoms with Crippen LogP contribution >= 0.6 is 31.9 Å². The standard InChI is InChI=1S/C12H16Br2O5/c1-4(15)19-10-6-5(7(6)12(16)18-3)8(13)9(14)11(10)17-2/h5-11H,1-3H3/t5-,6+,7+,8+,9-,10+,11+/m0/s1. The van der Waals surface area contributed by atoms with Crippen molar-refractivity contribution in [1.82, 2.24) is 0 Å². The molecule has 2 aliphatic carbocycles. The topological polar surface area (TPSA) is 61.8 Å². The Kier molecular flexibility index (Phi) is 4.57. The maximum absolute atomic E-state index is 11.8. The van der Waals surface area contributed by atoms with Gasteiger partial charge < -0.3 is 14.2 Å². The van der Waals surface area contributed by atoms with Crippen molar-refractivity contribution in [2.24, 2.45) is 17.8 Å². The first-order valence-corrected chi connectivity index (χ1v) is 7.83. The maximum atomic E-state index is 11.8. The van der Waals surface area contributed by atoms with Crippen LogP contribution in [0.3, 0.4) is 0 Å². The number of methoxy groups -OCH3 is 2. The van der Waals surface area contributed by atoms with E-state index in [4.69, 9.17) is 14.2 Å². The number of halogens is 2. The van der Waals surface area contributed by atoms with Gasteiger partial charge in [0.15, 0.2) is 0 Å². The summed E-state index contributed by atoms with van der Waals surface area (Å²) in [4.78, 5) is 23.1. The highest BCUT2D eigenvalue weighted by Crippen LogP contribution is 2.60. The molecule has 0 aromatic carbocycles. The molecule has 0 amide bonds. The fraction of sp³-hybridized carbons (Fsp3) is 0.833. The summed E-state index contributed by atoms with van der Waals surface area (Å²) in [6.07, 6.45) is -0.709. The van der Waals surface area contributed by atoms with Crippen LogP contribution in [0.25, 0.3) is 0 Å². The monoisotopic (exact) mass is 398 g/mol. The Bertz CT molecular complexity index is 388. The van der Waals surface area contributed by atoms with Crippen molar-refractivity contribution in [3.05, 3.63) is 0 Å². The predicted octanol–water partition coefficient (Wildman–Crippen LogP) is 1.51. The SMILES string of the molecule is COC(=O)[C@@H]1[C@H]2[C@@H](Br)[C@H](Br)[C@@H](OC)[C@H](OC(C)=O)[C@@H]12. The highest BCUT2D eigenvalue weighted by atomic mass is 79.9. The van der Waals surface area contributed by atoms with Crippen LogP contribution in [-0.4, -0.2) is 48.0 Å². The maximum Gasteiger partial charge on any atom is 0.309 e. The van der Waals surface area contributed by atoms with Crippen molar-refractivity contribution in [2.45, 2.75) is 28.8 Å². The second kappa shape index (κ2) is 5.69. The minimum Gasteiger partial charge on any atom is -0.469 e. The first kappa shape index (κ1) is 15.3. The second-order valence-electron chi connectivity index (χ2n) is 4.87. The average Bonchev–Trinajstić information content (AvgIpc) is 3.10. The second-order valence-corrected chi connectivity index (χ2v) is 6.98. The van der Waals surface area contributed by atoms with Gasteiger partial charge >= 0.3 is 11.9 Å². The smallest absolute Gasteiger partial charge is 0.309 e. The van der Waals surface area contributed by atoms with Gasteiger partial charge in [0, 0.05) is 24.8 Å². The van der Waals surface area contributed by atoms with Gasteiger partial charge in [-0.05, 0) is 5.92 Å². The Morgan fingerprint density at radius 1 is 1.00 bits per heavy atom. The summed E-state index contributed by atoms with van der Waals surface area (Å²) < 4.78 is 15.6. The van der Waals surface area contributed by atoms with Crippen molar-refractivity contribution in [2.75, 3.05) is 14.2 Å². The molecule has 2 aliphatic rings.